The van der Waals surface area contributed by atoms with Gasteiger partial charge in [-0.25, -0.2) is 8.42 Å². The number of piperazine rings is 1. The maximum atomic E-state index is 12.6. The van der Waals surface area contributed by atoms with E-state index in [1.54, 1.807) is 18.2 Å². The Balaban J connectivity index is 2.29. The highest BCUT2D eigenvalue weighted by molar-refractivity contribution is 9.10. The first kappa shape index (κ1) is 14.9. The Morgan fingerprint density at radius 1 is 1.26 bits per heavy atom. The van der Waals surface area contributed by atoms with E-state index < -0.39 is 10.0 Å². The van der Waals surface area contributed by atoms with Gasteiger partial charge >= 0.3 is 0 Å². The largest absolute Gasteiger partial charge is 0.326 e. The maximum Gasteiger partial charge on any atom is 0.244 e. The first-order valence-corrected chi connectivity index (χ1v) is 8.35. The molecular weight excluding hydrogens is 330 g/mol. The molecule has 1 aromatic rings. The zero-order chi connectivity index (χ0) is 14.0. The van der Waals surface area contributed by atoms with Crippen molar-refractivity contribution in [3.63, 3.8) is 0 Å². The van der Waals surface area contributed by atoms with Crippen molar-refractivity contribution in [1.82, 2.24) is 9.21 Å². The molecule has 0 aromatic heterocycles. The Morgan fingerprint density at radius 3 is 2.42 bits per heavy atom. The third-order valence-corrected chi connectivity index (χ3v) is 6.19. The second kappa shape index (κ2) is 5.88. The average Bonchev–Trinajstić information content (AvgIpc) is 2.38. The number of nitrogens with zero attached hydrogens (tertiary/aromatic N) is 2. The number of benzene rings is 1. The predicted molar refractivity (Wildman–Crippen MR) is 78.3 cm³/mol. The molecule has 1 saturated heterocycles. The molecule has 2 rings (SSSR count). The molecule has 106 valence electrons. The number of hydrogen-bond acceptors (Lipinski definition) is 4. The second-order valence-electron chi connectivity index (χ2n) is 4.68. The summed E-state index contributed by atoms with van der Waals surface area (Å²) >= 11 is 3.33. The highest BCUT2D eigenvalue weighted by atomic mass is 79.9. The molecular formula is C12H18BrN3O2S. The van der Waals surface area contributed by atoms with Crippen LogP contribution in [-0.2, 0) is 16.6 Å². The summed E-state index contributed by atoms with van der Waals surface area (Å²) in [6.45, 7) is 2.98. The lowest BCUT2D eigenvalue weighted by atomic mass is 10.2. The standard InChI is InChI=1S/C12H18BrN3O2S/c1-15-4-6-16(7-5-15)19(17,18)12-3-2-10(9-14)8-11(12)13/h2-3,8H,4-7,9,14H2,1H3. The molecule has 1 heterocycles. The molecule has 5 nitrogen and oxygen atoms in total. The van der Waals surface area contributed by atoms with Crippen LogP contribution < -0.4 is 5.73 Å². The Hall–Kier alpha value is -0.470. The van der Waals surface area contributed by atoms with Crippen molar-refractivity contribution >= 4 is 26.0 Å². The van der Waals surface area contributed by atoms with Gasteiger partial charge in [0.2, 0.25) is 10.0 Å². The first-order valence-electron chi connectivity index (χ1n) is 6.12. The SMILES string of the molecule is CN1CCN(S(=O)(=O)c2ccc(CN)cc2Br)CC1. The molecule has 0 saturated carbocycles. The van der Waals surface area contributed by atoms with Gasteiger partial charge in [0.25, 0.3) is 0 Å². The van der Waals surface area contributed by atoms with E-state index >= 15 is 0 Å². The summed E-state index contributed by atoms with van der Waals surface area (Å²) in [6.07, 6.45) is 0. The molecule has 19 heavy (non-hydrogen) atoms. The van der Waals surface area contributed by atoms with Gasteiger partial charge in [-0.1, -0.05) is 6.07 Å². The Kier molecular flexibility index (Phi) is 4.62. The summed E-state index contributed by atoms with van der Waals surface area (Å²) in [7, 11) is -1.43. The fourth-order valence-corrected chi connectivity index (χ4v) is 4.56. The van der Waals surface area contributed by atoms with Gasteiger partial charge in [-0.3, -0.25) is 0 Å². The van der Waals surface area contributed by atoms with E-state index in [2.05, 4.69) is 20.8 Å². The monoisotopic (exact) mass is 347 g/mol. The fraction of sp³-hybridized carbons (Fsp3) is 0.500. The Bertz CT molecular complexity index is 554. The minimum absolute atomic E-state index is 0.314. The summed E-state index contributed by atoms with van der Waals surface area (Å²) in [6, 6.07) is 5.15. The van der Waals surface area contributed by atoms with Crippen LogP contribution in [0.1, 0.15) is 5.56 Å². The number of hydrogen-bond donors (Lipinski definition) is 1. The van der Waals surface area contributed by atoms with Crippen molar-refractivity contribution in [1.29, 1.82) is 0 Å². The van der Waals surface area contributed by atoms with Crippen molar-refractivity contribution < 1.29 is 8.42 Å². The molecule has 7 heteroatoms. The van der Waals surface area contributed by atoms with E-state index in [4.69, 9.17) is 5.73 Å². The number of sulfonamides is 1. The average molecular weight is 348 g/mol. The van der Waals surface area contributed by atoms with Crippen molar-refractivity contribution in [3.8, 4) is 0 Å². The molecule has 0 bridgehead atoms. The summed E-state index contributed by atoms with van der Waals surface area (Å²) in [5.74, 6) is 0. The molecule has 0 aliphatic carbocycles. The van der Waals surface area contributed by atoms with Gasteiger partial charge in [0.05, 0.1) is 4.90 Å². The predicted octanol–water partition coefficient (Wildman–Crippen LogP) is 0.844. The number of rotatable bonds is 3. The van der Waals surface area contributed by atoms with Crippen LogP contribution in [0.2, 0.25) is 0 Å². The molecule has 1 aromatic carbocycles. The molecule has 0 spiro atoms. The van der Waals surface area contributed by atoms with Crippen LogP contribution in [0.4, 0.5) is 0 Å². The first-order chi connectivity index (χ1) is 8.95. The van der Waals surface area contributed by atoms with Gasteiger partial charge < -0.3 is 10.6 Å². The molecule has 1 aliphatic rings. The van der Waals surface area contributed by atoms with Crippen molar-refractivity contribution in [2.45, 2.75) is 11.4 Å². The number of halogens is 1. The fourth-order valence-electron chi connectivity index (χ4n) is 2.05. The molecule has 2 N–H and O–H groups in total. The van der Waals surface area contributed by atoms with Crippen LogP contribution in [0.3, 0.4) is 0 Å². The highest BCUT2D eigenvalue weighted by Gasteiger charge is 2.28. The lowest BCUT2D eigenvalue weighted by Gasteiger charge is -2.31. The zero-order valence-corrected chi connectivity index (χ0v) is 13.2. The summed E-state index contributed by atoms with van der Waals surface area (Å²) in [4.78, 5) is 2.44. The van der Waals surface area contributed by atoms with Gasteiger partial charge in [0, 0.05) is 37.2 Å². The van der Waals surface area contributed by atoms with Crippen molar-refractivity contribution in [2.24, 2.45) is 5.73 Å². The van der Waals surface area contributed by atoms with Gasteiger partial charge in [0.15, 0.2) is 0 Å². The van der Waals surface area contributed by atoms with Gasteiger partial charge in [0.1, 0.15) is 0 Å². The summed E-state index contributed by atoms with van der Waals surface area (Å²) in [5, 5.41) is 0. The summed E-state index contributed by atoms with van der Waals surface area (Å²) < 4.78 is 27.2. The molecule has 0 unspecified atom stereocenters. The summed E-state index contributed by atoms with van der Waals surface area (Å²) in [5.41, 5.74) is 6.46. The third kappa shape index (κ3) is 3.17. The Labute approximate surface area is 122 Å². The highest BCUT2D eigenvalue weighted by Crippen LogP contribution is 2.26. The quantitative estimate of drug-likeness (QED) is 0.879. The van der Waals surface area contributed by atoms with E-state index in [-0.39, 0.29) is 0 Å². The van der Waals surface area contributed by atoms with Crippen LogP contribution >= 0.6 is 15.9 Å². The normalized spacial score (nSPS) is 18.7. The number of nitrogens with two attached hydrogens (primary N) is 1. The minimum atomic E-state index is -3.42. The van der Waals surface area contributed by atoms with Crippen LogP contribution in [0.25, 0.3) is 0 Å². The van der Waals surface area contributed by atoms with Crippen LogP contribution in [-0.4, -0.2) is 50.8 Å². The van der Waals surface area contributed by atoms with E-state index in [1.165, 1.54) is 4.31 Å². The zero-order valence-electron chi connectivity index (χ0n) is 10.8. The smallest absolute Gasteiger partial charge is 0.244 e. The maximum absolute atomic E-state index is 12.6. The van der Waals surface area contributed by atoms with E-state index in [0.29, 0.717) is 29.0 Å². The van der Waals surface area contributed by atoms with Gasteiger partial charge in [-0.05, 0) is 40.7 Å². The topological polar surface area (TPSA) is 66.6 Å². The molecule has 1 fully saturated rings. The van der Waals surface area contributed by atoms with Crippen molar-refractivity contribution in [2.75, 3.05) is 33.2 Å². The lowest BCUT2D eigenvalue weighted by Crippen LogP contribution is -2.47. The van der Waals surface area contributed by atoms with E-state index in [9.17, 15) is 8.42 Å². The lowest BCUT2D eigenvalue weighted by molar-refractivity contribution is 0.222. The van der Waals surface area contributed by atoms with Crippen LogP contribution in [0, 0.1) is 0 Å². The van der Waals surface area contributed by atoms with Gasteiger partial charge in [-0.15, -0.1) is 0 Å². The molecule has 0 atom stereocenters. The molecule has 1 aliphatic heterocycles. The van der Waals surface area contributed by atoms with Crippen LogP contribution in [0.5, 0.6) is 0 Å². The van der Waals surface area contributed by atoms with E-state index in [0.717, 1.165) is 18.7 Å². The molecule has 0 amide bonds. The number of likely N-dealkylation sites (N-methyl/N-ethyl adjacent to an activating group) is 1. The molecule has 0 radical (unpaired) electrons. The van der Waals surface area contributed by atoms with Gasteiger partial charge in [-0.2, -0.15) is 4.31 Å². The second-order valence-corrected chi connectivity index (χ2v) is 7.44. The van der Waals surface area contributed by atoms with Crippen LogP contribution in [0.15, 0.2) is 27.6 Å². The Morgan fingerprint density at radius 2 is 1.89 bits per heavy atom. The minimum Gasteiger partial charge on any atom is -0.326 e. The third-order valence-electron chi connectivity index (χ3n) is 3.31. The van der Waals surface area contributed by atoms with E-state index in [1.807, 2.05) is 7.05 Å². The van der Waals surface area contributed by atoms with Crippen molar-refractivity contribution in [3.05, 3.63) is 28.2 Å².